The minimum Gasteiger partial charge on any atom is -0.353 e. The van der Waals surface area contributed by atoms with Crippen LogP contribution in [0.1, 0.15) is 49.8 Å². The van der Waals surface area contributed by atoms with E-state index in [2.05, 4.69) is 10.3 Å². The predicted molar refractivity (Wildman–Crippen MR) is 143 cm³/mol. The Kier molecular flexibility index (Phi) is 6.33. The monoisotopic (exact) mass is 514 g/mol. The van der Waals surface area contributed by atoms with Crippen molar-refractivity contribution in [2.45, 2.75) is 56.4 Å². The Bertz CT molecular complexity index is 1510. The molecule has 1 saturated carbocycles. The van der Waals surface area contributed by atoms with Gasteiger partial charge in [0.05, 0.1) is 17.8 Å². The molecule has 2 aromatic heterocycles. The maximum absolute atomic E-state index is 13.5. The van der Waals surface area contributed by atoms with Gasteiger partial charge in [0.2, 0.25) is 5.91 Å². The Morgan fingerprint density at radius 2 is 1.86 bits per heavy atom. The molecule has 188 valence electrons. The molecule has 10 heteroatoms. The number of nitrogens with zero attached hydrogens (tertiary/aromatic N) is 5. The minimum absolute atomic E-state index is 0.0123. The second-order valence-electron chi connectivity index (χ2n) is 9.46. The molecular weight excluding hydrogens is 488 g/mol. The molecule has 6 rings (SSSR count). The van der Waals surface area contributed by atoms with Crippen LogP contribution in [0.5, 0.6) is 0 Å². The molecule has 1 aliphatic carbocycles. The molecule has 37 heavy (non-hydrogen) atoms. The number of hydrogen-bond acceptors (Lipinski definition) is 7. The quantitative estimate of drug-likeness (QED) is 0.561. The highest BCUT2D eigenvalue weighted by atomic mass is 32.2. The first-order valence-electron chi connectivity index (χ1n) is 12.6. The number of hydrogen-bond donors (Lipinski definition) is 1. The van der Waals surface area contributed by atoms with Crippen molar-refractivity contribution in [3.8, 4) is 0 Å². The number of pyridine rings is 1. The molecule has 2 amide bonds. The summed E-state index contributed by atoms with van der Waals surface area (Å²) in [5, 5.41) is 3.56. The van der Waals surface area contributed by atoms with Crippen LogP contribution in [-0.4, -0.2) is 49.2 Å². The first kappa shape index (κ1) is 23.6. The van der Waals surface area contributed by atoms with Crippen molar-refractivity contribution in [1.82, 2.24) is 19.6 Å². The number of amidine groups is 2. The van der Waals surface area contributed by atoms with Crippen LogP contribution in [0.15, 0.2) is 69.5 Å². The highest BCUT2D eigenvalue weighted by Gasteiger charge is 2.42. The van der Waals surface area contributed by atoms with Crippen LogP contribution >= 0.6 is 11.8 Å². The molecule has 3 aromatic rings. The number of nitrogens with one attached hydrogen (secondary N) is 1. The number of carbonyl (C=O) groups is 2. The summed E-state index contributed by atoms with van der Waals surface area (Å²) in [7, 11) is 0. The van der Waals surface area contributed by atoms with Crippen LogP contribution in [0.3, 0.4) is 0 Å². The van der Waals surface area contributed by atoms with E-state index in [-0.39, 0.29) is 29.8 Å². The highest BCUT2D eigenvalue weighted by molar-refractivity contribution is 8.13. The number of carbonyl (C=O) groups excluding carboxylic acids is 2. The van der Waals surface area contributed by atoms with E-state index in [1.807, 2.05) is 30.3 Å². The second-order valence-corrected chi connectivity index (χ2v) is 10.4. The summed E-state index contributed by atoms with van der Waals surface area (Å²) in [6, 6.07) is 13.8. The summed E-state index contributed by atoms with van der Waals surface area (Å²) in [6.07, 6.45) is 7.11. The smallest absolute Gasteiger partial charge is 0.259 e. The van der Waals surface area contributed by atoms with Gasteiger partial charge in [-0.2, -0.15) is 0 Å². The van der Waals surface area contributed by atoms with Crippen LogP contribution in [0.25, 0.3) is 5.65 Å². The van der Waals surface area contributed by atoms with Gasteiger partial charge in [-0.15, -0.1) is 0 Å². The van der Waals surface area contributed by atoms with Gasteiger partial charge >= 0.3 is 0 Å². The summed E-state index contributed by atoms with van der Waals surface area (Å²) in [5.74, 6) is 0.460. The molecule has 1 N–H and O–H groups in total. The van der Waals surface area contributed by atoms with E-state index in [1.54, 1.807) is 18.3 Å². The summed E-state index contributed by atoms with van der Waals surface area (Å²) in [6.45, 7) is 0. The zero-order chi connectivity index (χ0) is 25.4. The fourth-order valence-electron chi connectivity index (χ4n) is 5.06. The van der Waals surface area contributed by atoms with Crippen LogP contribution in [0.2, 0.25) is 0 Å². The number of aromatic nitrogens is 2. The van der Waals surface area contributed by atoms with Gasteiger partial charge in [-0.05, 0) is 37.1 Å². The highest BCUT2D eigenvalue weighted by Crippen LogP contribution is 2.34. The van der Waals surface area contributed by atoms with Crippen LogP contribution in [-0.2, 0) is 15.3 Å². The van der Waals surface area contributed by atoms with Gasteiger partial charge in [0.15, 0.2) is 5.17 Å². The van der Waals surface area contributed by atoms with Gasteiger partial charge in [-0.1, -0.05) is 49.2 Å². The van der Waals surface area contributed by atoms with E-state index < -0.39 is 6.04 Å². The van der Waals surface area contributed by atoms with Crippen molar-refractivity contribution in [2.24, 2.45) is 9.98 Å². The standard InChI is InChI=1S/C27H26N6O3S/c34-23(29-17-8-2-1-3-9-17)15-21-26(36)33-25(30-21)19-10-4-5-11-20(19)31-27(33)37-16-18-14-24(35)32-13-7-6-12-22(32)28-18/h4-7,10-14,17,21H,1-3,8-9,15-16H2,(H,29,34). The number of benzene rings is 1. The lowest BCUT2D eigenvalue weighted by Gasteiger charge is -2.25. The number of amides is 2. The lowest BCUT2D eigenvalue weighted by atomic mass is 9.95. The molecule has 0 spiro atoms. The Labute approximate surface area is 217 Å². The lowest BCUT2D eigenvalue weighted by Crippen LogP contribution is -2.43. The predicted octanol–water partition coefficient (Wildman–Crippen LogP) is 3.43. The molecule has 1 atom stereocenters. The van der Waals surface area contributed by atoms with Gasteiger partial charge in [0, 0.05) is 29.6 Å². The molecule has 1 aromatic carbocycles. The Morgan fingerprint density at radius 1 is 1.05 bits per heavy atom. The molecule has 2 aliphatic heterocycles. The number of fused-ring (bicyclic) bond motifs is 4. The summed E-state index contributed by atoms with van der Waals surface area (Å²) in [5.41, 5.74) is 2.46. The first-order valence-corrected chi connectivity index (χ1v) is 13.5. The number of rotatable bonds is 5. The molecule has 1 fully saturated rings. The molecule has 3 aliphatic rings. The van der Waals surface area contributed by atoms with Gasteiger partial charge in [-0.3, -0.25) is 23.8 Å². The molecule has 0 bridgehead atoms. The van der Waals surface area contributed by atoms with Crippen molar-refractivity contribution >= 4 is 45.9 Å². The minimum atomic E-state index is -0.793. The average Bonchev–Trinajstić information content (AvgIpc) is 3.24. The van der Waals surface area contributed by atoms with Crippen molar-refractivity contribution < 1.29 is 9.59 Å². The third-order valence-electron chi connectivity index (χ3n) is 6.87. The van der Waals surface area contributed by atoms with E-state index in [0.29, 0.717) is 33.8 Å². The third kappa shape index (κ3) is 4.69. The molecule has 0 radical (unpaired) electrons. The molecular formula is C27H26N6O3S. The van der Waals surface area contributed by atoms with Crippen LogP contribution < -0.4 is 10.9 Å². The van der Waals surface area contributed by atoms with Crippen molar-refractivity contribution in [3.63, 3.8) is 0 Å². The summed E-state index contributed by atoms with van der Waals surface area (Å²) >= 11 is 1.32. The zero-order valence-corrected chi connectivity index (χ0v) is 21.0. The molecule has 9 nitrogen and oxygen atoms in total. The number of aliphatic imine (C=N–C) groups is 2. The van der Waals surface area contributed by atoms with E-state index in [9.17, 15) is 14.4 Å². The maximum Gasteiger partial charge on any atom is 0.259 e. The molecule has 1 unspecified atom stereocenters. The Hall–Kier alpha value is -3.79. The van der Waals surface area contributed by atoms with E-state index in [0.717, 1.165) is 31.2 Å². The average molecular weight is 515 g/mol. The fraction of sp³-hybridized carbons (Fsp3) is 0.333. The fourth-order valence-corrected chi connectivity index (χ4v) is 5.95. The van der Waals surface area contributed by atoms with Crippen LogP contribution in [0.4, 0.5) is 5.69 Å². The number of para-hydroxylation sites is 1. The second kappa shape index (κ2) is 9.93. The van der Waals surface area contributed by atoms with Gasteiger partial charge in [0.1, 0.15) is 17.5 Å². The third-order valence-corrected chi connectivity index (χ3v) is 7.84. The zero-order valence-electron chi connectivity index (χ0n) is 20.2. The Morgan fingerprint density at radius 3 is 2.73 bits per heavy atom. The van der Waals surface area contributed by atoms with Crippen molar-refractivity contribution in [1.29, 1.82) is 0 Å². The van der Waals surface area contributed by atoms with E-state index in [1.165, 1.54) is 33.5 Å². The van der Waals surface area contributed by atoms with Gasteiger partial charge in [0.25, 0.3) is 11.5 Å². The van der Waals surface area contributed by atoms with Crippen molar-refractivity contribution in [2.75, 3.05) is 0 Å². The van der Waals surface area contributed by atoms with E-state index >= 15 is 0 Å². The van der Waals surface area contributed by atoms with Crippen LogP contribution in [0, 0.1) is 0 Å². The lowest BCUT2D eigenvalue weighted by molar-refractivity contribution is -0.129. The number of thioether (sulfide) groups is 1. The maximum atomic E-state index is 13.5. The van der Waals surface area contributed by atoms with Gasteiger partial charge < -0.3 is 5.32 Å². The normalized spacial score (nSPS) is 19.3. The topological polar surface area (TPSA) is 108 Å². The van der Waals surface area contributed by atoms with Crippen molar-refractivity contribution in [3.05, 3.63) is 76.3 Å². The largest absolute Gasteiger partial charge is 0.353 e. The Balaban J connectivity index is 1.23. The SMILES string of the molecule is O=C(CC1N=C2c3ccccc3N=C(SCc3cc(=O)n4ccccc4n3)N2C1=O)NC1CCCCC1. The molecule has 4 heterocycles. The van der Waals surface area contributed by atoms with Gasteiger partial charge in [-0.25, -0.2) is 14.9 Å². The van der Waals surface area contributed by atoms with E-state index in [4.69, 9.17) is 9.98 Å². The summed E-state index contributed by atoms with van der Waals surface area (Å²) < 4.78 is 1.49. The first-order chi connectivity index (χ1) is 18.1. The summed E-state index contributed by atoms with van der Waals surface area (Å²) in [4.78, 5) is 54.3. The molecule has 0 saturated heterocycles.